The van der Waals surface area contributed by atoms with Crippen molar-refractivity contribution in [3.8, 4) is 16.9 Å². The van der Waals surface area contributed by atoms with Crippen LogP contribution >= 0.6 is 11.6 Å². The first-order valence-electron chi connectivity index (χ1n) is 16.7. The molecule has 1 fully saturated rings. The van der Waals surface area contributed by atoms with Crippen molar-refractivity contribution in [3.05, 3.63) is 77.0 Å². The zero-order chi connectivity index (χ0) is 37.7. The summed E-state index contributed by atoms with van der Waals surface area (Å²) in [4.78, 5) is 38.7. The maximum atomic E-state index is 14.9. The lowest BCUT2D eigenvalue weighted by molar-refractivity contribution is -0.218. The van der Waals surface area contributed by atoms with Gasteiger partial charge in [0.05, 0.1) is 34.4 Å². The minimum absolute atomic E-state index is 0.00739. The summed E-state index contributed by atoms with van der Waals surface area (Å²) in [6.07, 6.45) is -4.10. The van der Waals surface area contributed by atoms with E-state index in [2.05, 4.69) is 25.3 Å². The van der Waals surface area contributed by atoms with Crippen molar-refractivity contribution >= 4 is 29.3 Å². The van der Waals surface area contributed by atoms with Crippen LogP contribution in [0.1, 0.15) is 95.3 Å². The number of halogens is 6. The van der Waals surface area contributed by atoms with Gasteiger partial charge in [0.1, 0.15) is 17.8 Å². The zero-order valence-electron chi connectivity index (χ0n) is 28.8. The fourth-order valence-corrected chi connectivity index (χ4v) is 6.55. The molecule has 0 spiro atoms. The number of carbonyl (C=O) groups is 2. The molecule has 1 aliphatic heterocycles. The van der Waals surface area contributed by atoms with E-state index in [0.29, 0.717) is 16.8 Å². The molecule has 0 unspecified atom stereocenters. The van der Waals surface area contributed by atoms with Crippen molar-refractivity contribution in [2.24, 2.45) is 22.1 Å². The number of hydrogen-bond acceptors (Lipinski definition) is 8. The molecule has 11 nitrogen and oxygen atoms in total. The highest BCUT2D eigenvalue weighted by Crippen LogP contribution is 2.51. The van der Waals surface area contributed by atoms with Gasteiger partial charge < -0.3 is 5.73 Å². The van der Waals surface area contributed by atoms with Gasteiger partial charge in [-0.3, -0.25) is 14.5 Å². The highest BCUT2D eigenvalue weighted by molar-refractivity contribution is 6.32. The summed E-state index contributed by atoms with van der Waals surface area (Å²) in [5.74, 6) is -2.40. The Labute approximate surface area is 301 Å². The summed E-state index contributed by atoms with van der Waals surface area (Å²) in [6, 6.07) is 9.87. The zero-order valence-corrected chi connectivity index (χ0v) is 29.5. The Morgan fingerprint density at radius 1 is 1.08 bits per heavy atom. The van der Waals surface area contributed by atoms with E-state index in [1.807, 2.05) is 0 Å². The molecule has 1 saturated carbocycles. The van der Waals surface area contributed by atoms with Crippen LogP contribution in [0.15, 0.2) is 60.0 Å². The third-order valence-corrected chi connectivity index (χ3v) is 9.92. The Balaban J connectivity index is 1.44. The second-order valence-electron chi connectivity index (χ2n) is 14.1. The number of aliphatic imine (C=N–C) groups is 1. The maximum absolute atomic E-state index is 14.9. The van der Waals surface area contributed by atoms with Crippen molar-refractivity contribution < 1.29 is 31.5 Å². The average Bonchev–Trinajstić information content (AvgIpc) is 3.49. The second-order valence-corrected chi connectivity index (χ2v) is 14.5. The predicted octanol–water partition coefficient (Wildman–Crippen LogP) is 7.53. The first-order chi connectivity index (χ1) is 24.4. The molecule has 1 aliphatic carbocycles. The SMILES string of the molecule is CC(C)C(=O)CC[C@H](c1ccc(Cl)c(-n2ncnc2C(F)F)c1)N1C(=O)[C@@](CC(C)(C)C(F)(F)F)(c2ccc(-c3cnn(C4CC4)n3)cc2)N=C1N. The molecule has 2 aromatic heterocycles. The molecular formula is C35H37ClF5N9O2. The van der Waals surface area contributed by atoms with Crippen LogP contribution < -0.4 is 5.73 Å². The molecule has 0 saturated heterocycles. The van der Waals surface area contributed by atoms with Crippen LogP contribution in [0.2, 0.25) is 5.02 Å². The van der Waals surface area contributed by atoms with Gasteiger partial charge in [0.25, 0.3) is 12.3 Å². The molecule has 2 aliphatic rings. The van der Waals surface area contributed by atoms with Gasteiger partial charge in [-0.2, -0.15) is 33.3 Å². The number of nitrogens with zero attached hydrogens (tertiary/aromatic N) is 8. The molecule has 0 radical (unpaired) electrons. The molecule has 2 atom stereocenters. The van der Waals surface area contributed by atoms with E-state index in [-0.39, 0.29) is 52.8 Å². The number of alkyl halides is 5. The molecule has 17 heteroatoms. The van der Waals surface area contributed by atoms with E-state index >= 15 is 0 Å². The van der Waals surface area contributed by atoms with E-state index in [1.54, 1.807) is 37.0 Å². The Kier molecular flexibility index (Phi) is 9.74. The fraction of sp³-hybridized carbons (Fsp3) is 0.457. The van der Waals surface area contributed by atoms with Gasteiger partial charge in [0.15, 0.2) is 17.3 Å². The summed E-state index contributed by atoms with van der Waals surface area (Å²) < 4.78 is 72.1. The van der Waals surface area contributed by atoms with E-state index in [4.69, 9.17) is 17.3 Å². The first-order valence-corrected chi connectivity index (χ1v) is 17.1. The quantitative estimate of drug-likeness (QED) is 0.140. The number of hydrogen-bond donors (Lipinski definition) is 1. The standard InChI is InChI=1S/C35H37ClF5N9O2/c1-19(2)28(51)14-13-26(21-7-12-24(36)27(15-21)49-30(29(37)38)43-18-45-49)48-31(52)34(46-32(48)42,17-33(3,4)35(39,40)41)22-8-5-20(6-9-22)25-16-44-50(47-25)23-10-11-23/h5-9,12,15-16,18-19,23,26,29H,10-11,13-14,17H2,1-4H3,(H2,42,46)/t26-,34-/m1/s1. The molecule has 3 heterocycles. The predicted molar refractivity (Wildman–Crippen MR) is 181 cm³/mol. The highest BCUT2D eigenvalue weighted by atomic mass is 35.5. The minimum Gasteiger partial charge on any atom is -0.369 e. The lowest BCUT2D eigenvalue weighted by atomic mass is 9.74. The number of rotatable bonds is 13. The van der Waals surface area contributed by atoms with Crippen molar-refractivity contribution in [3.63, 3.8) is 0 Å². The van der Waals surface area contributed by atoms with Gasteiger partial charge in [0.2, 0.25) is 0 Å². The molecule has 2 N–H and O–H groups in total. The van der Waals surface area contributed by atoms with Crippen molar-refractivity contribution in [2.75, 3.05) is 0 Å². The third kappa shape index (κ3) is 6.92. The Morgan fingerprint density at radius 3 is 2.38 bits per heavy atom. The van der Waals surface area contributed by atoms with Crippen molar-refractivity contribution in [1.29, 1.82) is 0 Å². The molecular weight excluding hydrogens is 709 g/mol. The van der Waals surface area contributed by atoms with E-state index in [0.717, 1.165) is 42.6 Å². The molecule has 52 heavy (non-hydrogen) atoms. The number of nitrogens with two attached hydrogens (primary N) is 1. The topological polar surface area (TPSA) is 137 Å². The normalized spacial score (nSPS) is 18.8. The molecule has 2 aromatic carbocycles. The lowest BCUT2D eigenvalue weighted by Gasteiger charge is -2.37. The molecule has 4 aromatic rings. The molecule has 6 rings (SSSR count). The number of Topliss-reactive ketones (excluding diaryl/α,β-unsaturated/α-hetero) is 1. The number of amides is 1. The number of aromatic nitrogens is 6. The smallest absolute Gasteiger partial charge is 0.369 e. The van der Waals surface area contributed by atoms with Gasteiger partial charge in [-0.15, -0.1) is 0 Å². The van der Waals surface area contributed by atoms with E-state index in [9.17, 15) is 31.5 Å². The number of guanidine groups is 1. The highest BCUT2D eigenvalue weighted by Gasteiger charge is 2.59. The van der Waals surface area contributed by atoms with Gasteiger partial charge in [-0.1, -0.05) is 69.6 Å². The van der Waals surface area contributed by atoms with Crippen LogP contribution in [0.3, 0.4) is 0 Å². The minimum atomic E-state index is -4.73. The molecule has 0 bridgehead atoms. The van der Waals surface area contributed by atoms with Gasteiger partial charge in [-0.05, 0) is 48.9 Å². The van der Waals surface area contributed by atoms with Crippen molar-refractivity contribution in [1.82, 2.24) is 34.7 Å². The van der Waals surface area contributed by atoms with Gasteiger partial charge >= 0.3 is 6.18 Å². The van der Waals surface area contributed by atoms with Crippen LogP contribution in [0.4, 0.5) is 22.0 Å². The van der Waals surface area contributed by atoms with E-state index in [1.165, 1.54) is 30.3 Å². The monoisotopic (exact) mass is 745 g/mol. The van der Waals surface area contributed by atoms with Gasteiger partial charge in [-0.25, -0.2) is 23.4 Å². The summed E-state index contributed by atoms with van der Waals surface area (Å²) >= 11 is 6.44. The molecule has 1 amide bonds. The number of benzene rings is 2. The fourth-order valence-electron chi connectivity index (χ4n) is 6.35. The summed E-state index contributed by atoms with van der Waals surface area (Å²) in [6.45, 7) is 5.41. The van der Waals surface area contributed by atoms with Crippen LogP contribution in [0.5, 0.6) is 0 Å². The first kappa shape index (κ1) is 37.0. The summed E-state index contributed by atoms with van der Waals surface area (Å²) in [7, 11) is 0. The summed E-state index contributed by atoms with van der Waals surface area (Å²) in [5.41, 5.74) is 3.64. The molecule has 276 valence electrons. The van der Waals surface area contributed by atoms with Crippen LogP contribution in [0.25, 0.3) is 16.9 Å². The largest absolute Gasteiger partial charge is 0.394 e. The Hall–Kier alpha value is -4.73. The lowest BCUT2D eigenvalue weighted by Crippen LogP contribution is -2.48. The summed E-state index contributed by atoms with van der Waals surface area (Å²) in [5, 5.41) is 12.8. The van der Waals surface area contributed by atoms with Gasteiger partial charge in [0, 0.05) is 17.9 Å². The second kappa shape index (κ2) is 13.7. The van der Waals surface area contributed by atoms with E-state index < -0.39 is 47.7 Å². The van der Waals surface area contributed by atoms with Crippen LogP contribution in [-0.4, -0.2) is 58.5 Å². The Bertz CT molecular complexity index is 2000. The average molecular weight is 746 g/mol. The maximum Gasteiger partial charge on any atom is 0.394 e. The third-order valence-electron chi connectivity index (χ3n) is 9.60. The Morgan fingerprint density at radius 2 is 1.77 bits per heavy atom. The number of carbonyl (C=O) groups excluding carboxylic acids is 2. The van der Waals surface area contributed by atoms with Crippen molar-refractivity contribution in [2.45, 2.75) is 90.0 Å². The number of ketones is 1. The van der Waals surface area contributed by atoms with Crippen LogP contribution in [0, 0.1) is 11.3 Å². The van der Waals surface area contributed by atoms with Crippen LogP contribution in [-0.2, 0) is 15.1 Å².